The molecule has 1 aromatic carbocycles. The molecule has 2 amide bonds. The maximum Gasteiger partial charge on any atom is 0.256 e. The van der Waals surface area contributed by atoms with Gasteiger partial charge in [-0.2, -0.15) is 0 Å². The van der Waals surface area contributed by atoms with E-state index in [1.807, 2.05) is 0 Å². The fourth-order valence-corrected chi connectivity index (χ4v) is 2.41. The van der Waals surface area contributed by atoms with Crippen LogP contribution in [0.1, 0.15) is 15.9 Å². The molecule has 8 heteroatoms. The van der Waals surface area contributed by atoms with Crippen LogP contribution in [0.2, 0.25) is 10.4 Å². The van der Waals surface area contributed by atoms with Gasteiger partial charge in [-0.3, -0.25) is 9.59 Å². The third kappa shape index (κ3) is 2.96. The van der Waals surface area contributed by atoms with Gasteiger partial charge in [0.2, 0.25) is 11.2 Å². The van der Waals surface area contributed by atoms with E-state index in [1.165, 1.54) is 6.07 Å². The van der Waals surface area contributed by atoms with Crippen molar-refractivity contribution < 1.29 is 9.59 Å². The van der Waals surface area contributed by atoms with Gasteiger partial charge in [0.15, 0.2) is 0 Å². The van der Waals surface area contributed by atoms with Gasteiger partial charge in [-0.05, 0) is 29.3 Å². The van der Waals surface area contributed by atoms with Gasteiger partial charge in [0, 0.05) is 17.3 Å². The van der Waals surface area contributed by atoms with E-state index >= 15 is 0 Å². The third-order valence-electron chi connectivity index (χ3n) is 2.91. The molecule has 0 saturated carbocycles. The van der Waals surface area contributed by atoms with Crippen LogP contribution < -0.4 is 10.6 Å². The fraction of sp³-hybridized carbons (Fsp3) is 0.0769. The topological polar surface area (TPSA) is 84.0 Å². The van der Waals surface area contributed by atoms with Gasteiger partial charge in [0.25, 0.3) is 5.91 Å². The van der Waals surface area contributed by atoms with Crippen LogP contribution in [-0.2, 0) is 11.2 Å². The second-order valence-electron chi connectivity index (χ2n) is 4.40. The molecular formula is C13H8Cl2N4O2. The summed E-state index contributed by atoms with van der Waals surface area (Å²) >= 11 is 11.4. The summed E-state index contributed by atoms with van der Waals surface area (Å²) in [5, 5.41) is 5.33. The largest absolute Gasteiger partial charge is 0.326 e. The minimum Gasteiger partial charge on any atom is -0.326 e. The van der Waals surface area contributed by atoms with E-state index < -0.39 is 0 Å². The van der Waals surface area contributed by atoms with E-state index in [1.54, 1.807) is 18.2 Å². The monoisotopic (exact) mass is 322 g/mol. The molecule has 1 aromatic heterocycles. The molecule has 3 rings (SSSR count). The highest BCUT2D eigenvalue weighted by molar-refractivity contribution is 6.32. The first-order valence-electron chi connectivity index (χ1n) is 5.95. The Morgan fingerprint density at radius 3 is 2.81 bits per heavy atom. The Balaban J connectivity index is 1.83. The lowest BCUT2D eigenvalue weighted by Crippen LogP contribution is -2.13. The SMILES string of the molecule is O=C1Cc2ccc(C(=O)Nc3cc(Cl)nc(Cl)n3)cc2N1. The smallest absolute Gasteiger partial charge is 0.256 e. The molecule has 0 bridgehead atoms. The van der Waals surface area contributed by atoms with Crippen molar-refractivity contribution in [2.24, 2.45) is 0 Å². The Bertz CT molecular complexity index is 744. The summed E-state index contributed by atoms with van der Waals surface area (Å²) in [7, 11) is 0. The van der Waals surface area contributed by atoms with Crippen LogP contribution in [0.15, 0.2) is 24.3 Å². The number of hydrogen-bond donors (Lipinski definition) is 2. The van der Waals surface area contributed by atoms with Crippen LogP contribution in [0.3, 0.4) is 0 Å². The molecule has 0 saturated heterocycles. The average molecular weight is 323 g/mol. The number of anilines is 2. The zero-order valence-corrected chi connectivity index (χ0v) is 12.0. The number of carbonyl (C=O) groups is 2. The molecule has 0 fully saturated rings. The van der Waals surface area contributed by atoms with Crippen molar-refractivity contribution in [3.05, 3.63) is 45.8 Å². The summed E-state index contributed by atoms with van der Waals surface area (Å²) in [5.41, 5.74) is 1.90. The summed E-state index contributed by atoms with van der Waals surface area (Å²) in [5.74, 6) is -0.267. The number of aromatic nitrogens is 2. The summed E-state index contributed by atoms with van der Waals surface area (Å²) in [6.45, 7) is 0. The van der Waals surface area contributed by atoms with E-state index in [2.05, 4.69) is 20.6 Å². The Labute approximate surface area is 129 Å². The number of amides is 2. The molecular weight excluding hydrogens is 315 g/mol. The van der Waals surface area contributed by atoms with Crippen LogP contribution in [0.5, 0.6) is 0 Å². The van der Waals surface area contributed by atoms with Crippen molar-refractivity contribution in [3.8, 4) is 0 Å². The van der Waals surface area contributed by atoms with Crippen LogP contribution in [0, 0.1) is 0 Å². The van der Waals surface area contributed by atoms with Gasteiger partial charge in [0.1, 0.15) is 11.0 Å². The van der Waals surface area contributed by atoms with Crippen LogP contribution in [0.25, 0.3) is 0 Å². The van der Waals surface area contributed by atoms with E-state index in [-0.39, 0.29) is 28.1 Å². The molecule has 21 heavy (non-hydrogen) atoms. The van der Waals surface area contributed by atoms with E-state index in [4.69, 9.17) is 23.2 Å². The summed E-state index contributed by atoms with van der Waals surface area (Å²) in [6, 6.07) is 6.38. The molecule has 106 valence electrons. The Kier molecular flexibility index (Phi) is 3.48. The van der Waals surface area contributed by atoms with Crippen molar-refractivity contribution in [1.29, 1.82) is 0 Å². The highest BCUT2D eigenvalue weighted by atomic mass is 35.5. The van der Waals surface area contributed by atoms with Gasteiger partial charge in [-0.25, -0.2) is 9.97 Å². The van der Waals surface area contributed by atoms with Gasteiger partial charge in [0.05, 0.1) is 6.42 Å². The molecule has 2 N–H and O–H groups in total. The van der Waals surface area contributed by atoms with Crippen molar-refractivity contribution in [1.82, 2.24) is 9.97 Å². The number of benzene rings is 1. The first-order chi connectivity index (χ1) is 10.0. The van der Waals surface area contributed by atoms with Gasteiger partial charge in [-0.15, -0.1) is 0 Å². The standard InChI is InChI=1S/C13H8Cl2N4O2/c14-9-5-10(19-13(15)17-9)18-12(21)7-2-1-6-4-11(20)16-8(6)3-7/h1-3,5H,4H2,(H,16,20)(H,17,18,19,21). The van der Waals surface area contributed by atoms with Gasteiger partial charge >= 0.3 is 0 Å². The minimum absolute atomic E-state index is 0.0565. The Morgan fingerprint density at radius 2 is 2.05 bits per heavy atom. The maximum atomic E-state index is 12.1. The number of carbonyl (C=O) groups excluding carboxylic acids is 2. The van der Waals surface area contributed by atoms with Crippen molar-refractivity contribution in [2.75, 3.05) is 10.6 Å². The second-order valence-corrected chi connectivity index (χ2v) is 5.12. The lowest BCUT2D eigenvalue weighted by atomic mass is 10.1. The van der Waals surface area contributed by atoms with E-state index in [0.29, 0.717) is 17.7 Å². The lowest BCUT2D eigenvalue weighted by molar-refractivity contribution is -0.115. The molecule has 6 nitrogen and oxygen atoms in total. The zero-order valence-electron chi connectivity index (χ0n) is 10.5. The molecule has 1 aliphatic rings. The zero-order chi connectivity index (χ0) is 15.0. The number of hydrogen-bond acceptors (Lipinski definition) is 4. The van der Waals surface area contributed by atoms with Crippen molar-refractivity contribution in [2.45, 2.75) is 6.42 Å². The molecule has 1 aliphatic heterocycles. The Hall–Kier alpha value is -2.18. The maximum absolute atomic E-state index is 12.1. The fourth-order valence-electron chi connectivity index (χ4n) is 2.00. The number of fused-ring (bicyclic) bond motifs is 1. The Morgan fingerprint density at radius 1 is 1.24 bits per heavy atom. The molecule has 0 radical (unpaired) electrons. The summed E-state index contributed by atoms with van der Waals surface area (Å²) in [4.78, 5) is 31.0. The first-order valence-corrected chi connectivity index (χ1v) is 6.71. The van der Waals surface area contributed by atoms with E-state index in [9.17, 15) is 9.59 Å². The van der Waals surface area contributed by atoms with Crippen LogP contribution in [-0.4, -0.2) is 21.8 Å². The highest BCUT2D eigenvalue weighted by Gasteiger charge is 2.19. The number of halogens is 2. The van der Waals surface area contributed by atoms with Crippen LogP contribution >= 0.6 is 23.2 Å². The second kappa shape index (κ2) is 5.31. The first kappa shape index (κ1) is 13.8. The number of nitrogens with zero attached hydrogens (tertiary/aromatic N) is 2. The lowest BCUT2D eigenvalue weighted by Gasteiger charge is -2.06. The summed E-state index contributed by atoms with van der Waals surface area (Å²) in [6.07, 6.45) is 0.328. The van der Waals surface area contributed by atoms with Crippen LogP contribution in [0.4, 0.5) is 11.5 Å². The minimum atomic E-state index is -0.384. The number of rotatable bonds is 2. The van der Waals surface area contributed by atoms with Crippen molar-refractivity contribution in [3.63, 3.8) is 0 Å². The average Bonchev–Trinajstić information content (AvgIpc) is 2.76. The van der Waals surface area contributed by atoms with E-state index in [0.717, 1.165) is 5.56 Å². The molecule has 2 aromatic rings. The molecule has 2 heterocycles. The van der Waals surface area contributed by atoms with Gasteiger partial charge in [-0.1, -0.05) is 17.7 Å². The predicted molar refractivity (Wildman–Crippen MR) is 78.8 cm³/mol. The van der Waals surface area contributed by atoms with Crippen molar-refractivity contribution >= 4 is 46.5 Å². The predicted octanol–water partition coefficient (Wildman–Crippen LogP) is 2.53. The molecule has 0 unspecified atom stereocenters. The summed E-state index contributed by atoms with van der Waals surface area (Å²) < 4.78 is 0. The molecule has 0 spiro atoms. The molecule has 0 aliphatic carbocycles. The normalized spacial score (nSPS) is 12.8. The number of nitrogens with one attached hydrogen (secondary N) is 2. The third-order valence-corrected chi connectivity index (χ3v) is 3.27. The molecule has 0 atom stereocenters. The quantitative estimate of drug-likeness (QED) is 0.657. The highest BCUT2D eigenvalue weighted by Crippen LogP contribution is 2.24. The van der Waals surface area contributed by atoms with Gasteiger partial charge < -0.3 is 10.6 Å².